The predicted octanol–water partition coefficient (Wildman–Crippen LogP) is 1.79. The number of hydrogen-bond donors (Lipinski definition) is 0. The summed E-state index contributed by atoms with van der Waals surface area (Å²) in [5.41, 5.74) is -0.0533. The zero-order chi connectivity index (χ0) is 15.4. The minimum atomic E-state index is -0.895. The molecule has 21 heavy (non-hydrogen) atoms. The second-order valence-electron chi connectivity index (χ2n) is 4.06. The van der Waals surface area contributed by atoms with Gasteiger partial charge in [0, 0.05) is 6.08 Å². The van der Waals surface area contributed by atoms with Crippen molar-refractivity contribution in [3.8, 4) is 17.6 Å². The smallest absolute Gasteiger partial charge is 0.332 e. The Morgan fingerprint density at radius 2 is 2.19 bits per heavy atom. The van der Waals surface area contributed by atoms with Crippen LogP contribution >= 0.6 is 0 Å². The van der Waals surface area contributed by atoms with Gasteiger partial charge in [0.1, 0.15) is 6.07 Å². The highest BCUT2D eigenvalue weighted by Gasteiger charge is 2.22. The Morgan fingerprint density at radius 3 is 2.81 bits per heavy atom. The van der Waals surface area contributed by atoms with Crippen LogP contribution in [0.3, 0.4) is 0 Å². The zero-order valence-corrected chi connectivity index (χ0v) is 10.9. The Balaban J connectivity index is 2.25. The molecule has 1 heterocycles. The van der Waals surface area contributed by atoms with Gasteiger partial charge in [-0.15, -0.1) is 0 Å². The Hall–Kier alpha value is -3.08. The summed E-state index contributed by atoms with van der Waals surface area (Å²) in [6.45, 7) is 1.40. The number of benzene rings is 1. The number of nitro benzene ring substituents is 1. The van der Waals surface area contributed by atoms with Crippen LogP contribution in [0.2, 0.25) is 0 Å². The third-order valence-corrected chi connectivity index (χ3v) is 2.59. The lowest BCUT2D eigenvalue weighted by atomic mass is 10.1. The first-order chi connectivity index (χ1) is 10.0. The Morgan fingerprint density at radius 1 is 1.52 bits per heavy atom. The van der Waals surface area contributed by atoms with Crippen molar-refractivity contribution in [3.63, 3.8) is 0 Å². The van der Waals surface area contributed by atoms with Crippen LogP contribution in [0.5, 0.6) is 11.5 Å². The van der Waals surface area contributed by atoms with Gasteiger partial charge in [0.2, 0.25) is 6.79 Å². The molecule has 1 atom stereocenters. The maximum Gasteiger partial charge on any atom is 0.332 e. The number of esters is 1. The van der Waals surface area contributed by atoms with Gasteiger partial charge in [-0.1, -0.05) is 0 Å². The van der Waals surface area contributed by atoms with Gasteiger partial charge in [-0.2, -0.15) is 5.26 Å². The Kier molecular flexibility index (Phi) is 4.04. The minimum Gasteiger partial charge on any atom is -0.454 e. The SMILES string of the molecule is C[C@H](C#N)OC(=O)/C=C/c1cc2c(cc1[N+](=O)[O-])OCO2. The van der Waals surface area contributed by atoms with E-state index in [4.69, 9.17) is 19.5 Å². The van der Waals surface area contributed by atoms with Crippen LogP contribution in [0.1, 0.15) is 12.5 Å². The number of ether oxygens (including phenoxy) is 3. The van der Waals surface area contributed by atoms with Gasteiger partial charge in [-0.25, -0.2) is 4.79 Å². The lowest BCUT2D eigenvalue weighted by Gasteiger charge is -2.02. The van der Waals surface area contributed by atoms with E-state index < -0.39 is 17.0 Å². The molecular weight excluding hydrogens is 280 g/mol. The molecule has 1 aromatic rings. The maximum atomic E-state index is 11.4. The van der Waals surface area contributed by atoms with E-state index in [1.165, 1.54) is 25.1 Å². The fourth-order valence-electron chi connectivity index (χ4n) is 1.64. The summed E-state index contributed by atoms with van der Waals surface area (Å²) in [7, 11) is 0. The van der Waals surface area contributed by atoms with Crippen LogP contribution in [0, 0.1) is 21.4 Å². The summed E-state index contributed by atoms with van der Waals surface area (Å²) in [5, 5.41) is 19.5. The van der Waals surface area contributed by atoms with Crippen molar-refractivity contribution >= 4 is 17.7 Å². The number of fused-ring (bicyclic) bond motifs is 1. The third-order valence-electron chi connectivity index (χ3n) is 2.59. The number of hydrogen-bond acceptors (Lipinski definition) is 7. The second-order valence-corrected chi connectivity index (χ2v) is 4.06. The number of nitriles is 1. The van der Waals surface area contributed by atoms with Crippen molar-refractivity contribution in [2.45, 2.75) is 13.0 Å². The predicted molar refractivity (Wildman–Crippen MR) is 69.4 cm³/mol. The Bertz CT molecular complexity index is 661. The molecule has 2 rings (SSSR count). The quantitative estimate of drug-likeness (QED) is 0.359. The first kappa shape index (κ1) is 14.3. The number of nitrogens with zero attached hydrogens (tertiary/aromatic N) is 2. The summed E-state index contributed by atoms with van der Waals surface area (Å²) in [6, 6.07) is 4.36. The molecular formula is C13H10N2O6. The molecule has 0 saturated carbocycles. The van der Waals surface area contributed by atoms with Crippen molar-refractivity contribution in [1.29, 1.82) is 5.26 Å². The van der Waals surface area contributed by atoms with Crippen LogP contribution in [0.4, 0.5) is 5.69 Å². The molecule has 0 spiro atoms. The van der Waals surface area contributed by atoms with Crippen molar-refractivity contribution < 1.29 is 23.9 Å². The fraction of sp³-hybridized carbons (Fsp3) is 0.231. The Labute approximate surface area is 119 Å². The topological polar surface area (TPSA) is 112 Å². The third kappa shape index (κ3) is 3.27. The molecule has 0 N–H and O–H groups in total. The van der Waals surface area contributed by atoms with Gasteiger partial charge >= 0.3 is 5.97 Å². The standard InChI is InChI=1S/C13H10N2O6/c1-8(6-14)21-13(16)3-2-9-4-11-12(20-7-19-11)5-10(9)15(17)18/h2-5,8H,7H2,1H3/b3-2+/t8-/m1/s1. The molecule has 0 unspecified atom stereocenters. The molecule has 0 saturated heterocycles. The van der Waals surface area contributed by atoms with E-state index in [9.17, 15) is 14.9 Å². The van der Waals surface area contributed by atoms with Gasteiger partial charge in [-0.3, -0.25) is 10.1 Å². The van der Waals surface area contributed by atoms with E-state index in [0.29, 0.717) is 5.75 Å². The summed E-state index contributed by atoms with van der Waals surface area (Å²) in [6.07, 6.45) is 1.35. The molecule has 8 heteroatoms. The first-order valence-electron chi connectivity index (χ1n) is 5.87. The number of nitro groups is 1. The van der Waals surface area contributed by atoms with Crippen LogP contribution in [0.25, 0.3) is 6.08 Å². The van der Waals surface area contributed by atoms with Gasteiger partial charge in [0.25, 0.3) is 5.69 Å². The molecule has 0 bridgehead atoms. The molecule has 0 fully saturated rings. The van der Waals surface area contributed by atoms with Crippen LogP contribution in [-0.2, 0) is 9.53 Å². The highest BCUT2D eigenvalue weighted by molar-refractivity contribution is 5.88. The minimum absolute atomic E-state index is 0.0125. The molecule has 8 nitrogen and oxygen atoms in total. The molecule has 0 amide bonds. The average Bonchev–Trinajstić information content (AvgIpc) is 2.90. The number of carbonyl (C=O) groups is 1. The van der Waals surface area contributed by atoms with Crippen LogP contribution < -0.4 is 9.47 Å². The molecule has 0 aliphatic carbocycles. The number of rotatable bonds is 4. The summed E-state index contributed by atoms with van der Waals surface area (Å²) in [4.78, 5) is 21.8. The normalized spacial score (nSPS) is 13.7. The van der Waals surface area contributed by atoms with Crippen molar-refractivity contribution in [1.82, 2.24) is 0 Å². The van der Waals surface area contributed by atoms with E-state index in [-0.39, 0.29) is 23.8 Å². The highest BCUT2D eigenvalue weighted by atomic mass is 16.7. The fourth-order valence-corrected chi connectivity index (χ4v) is 1.64. The first-order valence-corrected chi connectivity index (χ1v) is 5.87. The van der Waals surface area contributed by atoms with E-state index >= 15 is 0 Å². The monoisotopic (exact) mass is 290 g/mol. The van der Waals surface area contributed by atoms with Crippen molar-refractivity contribution in [3.05, 3.63) is 33.9 Å². The molecule has 1 aliphatic heterocycles. The molecule has 0 radical (unpaired) electrons. The van der Waals surface area contributed by atoms with Gasteiger partial charge in [0.05, 0.1) is 16.6 Å². The second kappa shape index (κ2) is 5.92. The van der Waals surface area contributed by atoms with Crippen molar-refractivity contribution in [2.24, 2.45) is 0 Å². The van der Waals surface area contributed by atoms with Gasteiger partial charge in [-0.05, 0) is 19.1 Å². The van der Waals surface area contributed by atoms with Crippen molar-refractivity contribution in [2.75, 3.05) is 6.79 Å². The van der Waals surface area contributed by atoms with E-state index in [1.54, 1.807) is 6.07 Å². The summed E-state index contributed by atoms with van der Waals surface area (Å²) < 4.78 is 14.9. The number of carbonyl (C=O) groups excluding carboxylic acids is 1. The van der Waals surface area contributed by atoms with E-state index in [0.717, 1.165) is 6.08 Å². The zero-order valence-electron chi connectivity index (χ0n) is 10.9. The molecule has 0 aromatic heterocycles. The highest BCUT2D eigenvalue weighted by Crippen LogP contribution is 2.38. The summed E-state index contributed by atoms with van der Waals surface area (Å²) in [5.74, 6) is -0.130. The lowest BCUT2D eigenvalue weighted by molar-refractivity contribution is -0.385. The van der Waals surface area contributed by atoms with Gasteiger partial charge in [0.15, 0.2) is 17.6 Å². The van der Waals surface area contributed by atoms with Crippen LogP contribution in [0.15, 0.2) is 18.2 Å². The summed E-state index contributed by atoms with van der Waals surface area (Å²) >= 11 is 0. The largest absolute Gasteiger partial charge is 0.454 e. The molecule has 1 aromatic carbocycles. The molecule has 1 aliphatic rings. The van der Waals surface area contributed by atoms with Gasteiger partial charge < -0.3 is 14.2 Å². The molecule has 108 valence electrons. The maximum absolute atomic E-state index is 11.4. The lowest BCUT2D eigenvalue weighted by Crippen LogP contribution is -2.10. The van der Waals surface area contributed by atoms with E-state index in [2.05, 4.69) is 0 Å². The van der Waals surface area contributed by atoms with Crippen LogP contribution in [-0.4, -0.2) is 23.8 Å². The van der Waals surface area contributed by atoms with E-state index in [1.807, 2.05) is 0 Å². The average molecular weight is 290 g/mol.